The van der Waals surface area contributed by atoms with Crippen molar-refractivity contribution in [3.8, 4) is 5.75 Å². The van der Waals surface area contributed by atoms with Gasteiger partial charge in [0.15, 0.2) is 0 Å². The van der Waals surface area contributed by atoms with Crippen LogP contribution in [0.2, 0.25) is 0 Å². The van der Waals surface area contributed by atoms with Gasteiger partial charge in [-0.3, -0.25) is 4.79 Å². The molecule has 2 atom stereocenters. The Morgan fingerprint density at radius 2 is 1.95 bits per heavy atom. The van der Waals surface area contributed by atoms with Gasteiger partial charge in [-0.1, -0.05) is 30.3 Å². The van der Waals surface area contributed by atoms with Crippen LogP contribution in [-0.4, -0.2) is 12.5 Å². The Morgan fingerprint density at radius 3 is 2.73 bits per heavy atom. The van der Waals surface area contributed by atoms with Crippen molar-refractivity contribution in [3.05, 3.63) is 59.9 Å². The van der Waals surface area contributed by atoms with Crippen LogP contribution in [-0.2, 0) is 4.79 Å². The van der Waals surface area contributed by atoms with Gasteiger partial charge in [-0.2, -0.15) is 0 Å². The first-order chi connectivity index (χ1) is 10.7. The molecule has 0 heterocycles. The number of ether oxygens (including phenoxy) is 1. The van der Waals surface area contributed by atoms with Crippen molar-refractivity contribution in [1.29, 1.82) is 0 Å². The first kappa shape index (κ1) is 14.6. The van der Waals surface area contributed by atoms with Crippen LogP contribution in [0.25, 0.3) is 0 Å². The number of halogens is 1. The van der Waals surface area contributed by atoms with Gasteiger partial charge in [-0.15, -0.1) is 0 Å². The molecule has 1 amide bonds. The molecule has 1 aliphatic rings. The van der Waals surface area contributed by atoms with Crippen LogP contribution in [0.4, 0.5) is 10.1 Å². The zero-order valence-corrected chi connectivity index (χ0v) is 12.4. The third kappa shape index (κ3) is 2.96. The summed E-state index contributed by atoms with van der Waals surface area (Å²) in [5, 5.41) is 2.89. The molecule has 0 radical (unpaired) electrons. The molecule has 3 nitrogen and oxygen atoms in total. The fourth-order valence-corrected chi connectivity index (χ4v) is 2.68. The number of rotatable bonds is 5. The third-order valence-electron chi connectivity index (χ3n) is 3.88. The van der Waals surface area contributed by atoms with Gasteiger partial charge in [-0.05, 0) is 43.0 Å². The van der Waals surface area contributed by atoms with E-state index in [2.05, 4.69) is 5.32 Å². The summed E-state index contributed by atoms with van der Waals surface area (Å²) in [4.78, 5) is 12.3. The van der Waals surface area contributed by atoms with E-state index in [-0.39, 0.29) is 23.6 Å². The highest BCUT2D eigenvalue weighted by Crippen LogP contribution is 2.48. The van der Waals surface area contributed by atoms with Gasteiger partial charge in [0.2, 0.25) is 5.91 Å². The maximum Gasteiger partial charge on any atom is 0.228 e. The monoisotopic (exact) mass is 299 g/mol. The molecule has 0 spiro atoms. The van der Waals surface area contributed by atoms with Crippen LogP contribution in [0.5, 0.6) is 5.75 Å². The van der Waals surface area contributed by atoms with Crippen LogP contribution in [0, 0.1) is 11.7 Å². The average molecular weight is 299 g/mol. The number of para-hydroxylation sites is 2. The second-order valence-electron chi connectivity index (χ2n) is 5.39. The Hall–Kier alpha value is -2.36. The predicted molar refractivity (Wildman–Crippen MR) is 83.5 cm³/mol. The van der Waals surface area contributed by atoms with Crippen molar-refractivity contribution >= 4 is 11.6 Å². The van der Waals surface area contributed by atoms with Crippen molar-refractivity contribution in [1.82, 2.24) is 0 Å². The molecule has 0 aliphatic heterocycles. The van der Waals surface area contributed by atoms with Gasteiger partial charge in [0.1, 0.15) is 11.6 Å². The molecule has 4 heteroatoms. The van der Waals surface area contributed by atoms with E-state index < -0.39 is 0 Å². The predicted octanol–water partition coefficient (Wildman–Crippen LogP) is 3.97. The van der Waals surface area contributed by atoms with Gasteiger partial charge >= 0.3 is 0 Å². The third-order valence-corrected chi connectivity index (χ3v) is 3.88. The number of hydrogen-bond donors (Lipinski definition) is 1. The van der Waals surface area contributed by atoms with Gasteiger partial charge in [0.25, 0.3) is 0 Å². The lowest BCUT2D eigenvalue weighted by molar-refractivity contribution is -0.117. The summed E-state index contributed by atoms with van der Waals surface area (Å²) >= 11 is 0. The fourth-order valence-electron chi connectivity index (χ4n) is 2.68. The highest BCUT2D eigenvalue weighted by atomic mass is 19.1. The number of amides is 1. The van der Waals surface area contributed by atoms with E-state index in [1.165, 1.54) is 6.07 Å². The minimum absolute atomic E-state index is 0.0274. The standard InChI is InChI=1S/C18H18FNO2/c1-2-22-17-10-6-5-9-16(17)20-18(21)14-11-13(14)12-7-3-4-8-15(12)19/h3-10,13-14H,2,11H2,1H3,(H,20,21). The van der Waals surface area contributed by atoms with E-state index in [9.17, 15) is 9.18 Å². The Morgan fingerprint density at radius 1 is 1.23 bits per heavy atom. The van der Waals surface area contributed by atoms with E-state index >= 15 is 0 Å². The fraction of sp³-hybridized carbons (Fsp3) is 0.278. The summed E-state index contributed by atoms with van der Waals surface area (Å²) in [5.74, 6) is 0.131. The highest BCUT2D eigenvalue weighted by molar-refractivity contribution is 5.96. The number of carbonyl (C=O) groups excluding carboxylic acids is 1. The van der Waals surface area contributed by atoms with Gasteiger partial charge < -0.3 is 10.1 Å². The Kier molecular flexibility index (Phi) is 4.09. The minimum atomic E-state index is -0.238. The summed E-state index contributed by atoms with van der Waals surface area (Å²) in [6, 6.07) is 14.0. The topological polar surface area (TPSA) is 38.3 Å². The van der Waals surface area contributed by atoms with Crippen LogP contribution in [0.1, 0.15) is 24.8 Å². The lowest BCUT2D eigenvalue weighted by atomic mass is 10.1. The molecule has 2 unspecified atom stereocenters. The Balaban J connectivity index is 1.69. The van der Waals surface area contributed by atoms with Crippen molar-refractivity contribution in [2.24, 2.45) is 5.92 Å². The first-order valence-electron chi connectivity index (χ1n) is 7.47. The molecule has 2 aromatic rings. The maximum absolute atomic E-state index is 13.8. The highest BCUT2D eigenvalue weighted by Gasteiger charge is 2.45. The van der Waals surface area contributed by atoms with E-state index in [4.69, 9.17) is 4.74 Å². The van der Waals surface area contributed by atoms with Gasteiger partial charge in [-0.25, -0.2) is 4.39 Å². The van der Waals surface area contributed by atoms with Crippen molar-refractivity contribution in [2.75, 3.05) is 11.9 Å². The lowest BCUT2D eigenvalue weighted by Gasteiger charge is -2.11. The molecule has 1 aliphatic carbocycles. The molecule has 0 bridgehead atoms. The number of anilines is 1. The summed E-state index contributed by atoms with van der Waals surface area (Å²) in [6.07, 6.45) is 0.684. The smallest absolute Gasteiger partial charge is 0.228 e. The lowest BCUT2D eigenvalue weighted by Crippen LogP contribution is -2.15. The van der Waals surface area contributed by atoms with E-state index in [1.807, 2.05) is 31.2 Å². The molecule has 0 saturated heterocycles. The summed E-state index contributed by atoms with van der Waals surface area (Å²) in [5.41, 5.74) is 1.29. The van der Waals surface area contributed by atoms with E-state index in [0.29, 0.717) is 30.0 Å². The largest absolute Gasteiger partial charge is 0.492 e. The van der Waals surface area contributed by atoms with Crippen LogP contribution in [0.15, 0.2) is 48.5 Å². The molecule has 1 N–H and O–H groups in total. The molecule has 114 valence electrons. The molecule has 22 heavy (non-hydrogen) atoms. The first-order valence-corrected chi connectivity index (χ1v) is 7.47. The summed E-state index contributed by atoms with van der Waals surface area (Å²) in [6.45, 7) is 2.43. The summed E-state index contributed by atoms with van der Waals surface area (Å²) in [7, 11) is 0. The molecule has 1 saturated carbocycles. The molecule has 1 fully saturated rings. The minimum Gasteiger partial charge on any atom is -0.492 e. The number of nitrogens with one attached hydrogen (secondary N) is 1. The van der Waals surface area contributed by atoms with E-state index in [0.717, 1.165) is 0 Å². The number of carbonyl (C=O) groups is 1. The van der Waals surface area contributed by atoms with E-state index in [1.54, 1.807) is 18.2 Å². The van der Waals surface area contributed by atoms with Crippen LogP contribution < -0.4 is 10.1 Å². The molecule has 2 aromatic carbocycles. The average Bonchev–Trinajstić information content (AvgIpc) is 3.30. The van der Waals surface area contributed by atoms with Gasteiger partial charge in [0, 0.05) is 5.92 Å². The second-order valence-corrected chi connectivity index (χ2v) is 5.39. The van der Waals surface area contributed by atoms with Gasteiger partial charge in [0.05, 0.1) is 12.3 Å². The van der Waals surface area contributed by atoms with Crippen molar-refractivity contribution < 1.29 is 13.9 Å². The zero-order chi connectivity index (χ0) is 15.5. The SMILES string of the molecule is CCOc1ccccc1NC(=O)C1CC1c1ccccc1F. The Labute approximate surface area is 129 Å². The molecule has 0 aromatic heterocycles. The summed E-state index contributed by atoms with van der Waals surface area (Å²) < 4.78 is 19.3. The van der Waals surface area contributed by atoms with Crippen LogP contribution >= 0.6 is 0 Å². The quantitative estimate of drug-likeness (QED) is 0.907. The number of hydrogen-bond acceptors (Lipinski definition) is 2. The zero-order valence-electron chi connectivity index (χ0n) is 12.4. The molecular weight excluding hydrogens is 281 g/mol. The molecular formula is C18H18FNO2. The maximum atomic E-state index is 13.8. The second kappa shape index (κ2) is 6.18. The number of benzene rings is 2. The van der Waals surface area contributed by atoms with Crippen LogP contribution in [0.3, 0.4) is 0 Å². The Bertz CT molecular complexity index is 686. The normalized spacial score (nSPS) is 19.5. The van der Waals surface area contributed by atoms with Crippen molar-refractivity contribution in [3.63, 3.8) is 0 Å². The molecule has 3 rings (SSSR count). The van der Waals surface area contributed by atoms with Crippen molar-refractivity contribution in [2.45, 2.75) is 19.3 Å².